The minimum atomic E-state index is -0.923. The molecule has 3 atom stereocenters. The summed E-state index contributed by atoms with van der Waals surface area (Å²) in [5.41, 5.74) is 1.32. The van der Waals surface area contributed by atoms with Crippen LogP contribution in [0.15, 0.2) is 77.1 Å². The monoisotopic (exact) mass is 582 g/mol. The number of hydrogen-bond acceptors (Lipinski definition) is 9. The standard InChI is InChI=1S/C28H27ClN4O8/c1-16(14-22(34)40-2)30-23(18-6-4-3-5-7-18)26(35)31-24-21-13-12-20(29)25(32(21)27(24)36)28(37)41-15-17-8-10-19(11-9-17)33(38)39/h3-11,14,21,23-24,30H,12-13,15H2,1-2H3,(H,31,35)/b16-14+/t21-,23-,24+/m1/s1. The molecule has 0 radical (unpaired) electrons. The Morgan fingerprint density at radius 2 is 1.85 bits per heavy atom. The lowest BCUT2D eigenvalue weighted by atomic mass is 9.86. The Morgan fingerprint density at radius 3 is 2.49 bits per heavy atom. The number of benzene rings is 2. The number of β-lactam (4-membered cyclic amide) rings is 1. The van der Waals surface area contributed by atoms with E-state index >= 15 is 0 Å². The number of carbonyl (C=O) groups is 4. The van der Waals surface area contributed by atoms with Crippen molar-refractivity contribution < 1.29 is 33.6 Å². The molecule has 0 bridgehead atoms. The number of amides is 2. The van der Waals surface area contributed by atoms with Crippen molar-refractivity contribution in [3.63, 3.8) is 0 Å². The Labute approximate surface area is 240 Å². The highest BCUT2D eigenvalue weighted by molar-refractivity contribution is 6.32. The molecular weight excluding hydrogens is 556 g/mol. The van der Waals surface area contributed by atoms with Gasteiger partial charge in [0.15, 0.2) is 0 Å². The fourth-order valence-corrected chi connectivity index (χ4v) is 4.90. The summed E-state index contributed by atoms with van der Waals surface area (Å²) in [6.45, 7) is 1.43. The van der Waals surface area contributed by atoms with E-state index in [4.69, 9.17) is 16.3 Å². The highest BCUT2D eigenvalue weighted by Crippen LogP contribution is 2.39. The van der Waals surface area contributed by atoms with Crippen LogP contribution in [-0.4, -0.2) is 52.8 Å². The summed E-state index contributed by atoms with van der Waals surface area (Å²) in [5.74, 6) is -2.43. The number of nitrogens with zero attached hydrogens (tertiary/aromatic N) is 2. The number of rotatable bonds is 10. The molecule has 214 valence electrons. The number of nitrogens with one attached hydrogen (secondary N) is 2. The van der Waals surface area contributed by atoms with Crippen molar-refractivity contribution in [2.75, 3.05) is 7.11 Å². The molecule has 0 saturated carbocycles. The van der Waals surface area contributed by atoms with Gasteiger partial charge in [-0.25, -0.2) is 9.59 Å². The van der Waals surface area contributed by atoms with Gasteiger partial charge in [0.05, 0.1) is 18.1 Å². The van der Waals surface area contributed by atoms with E-state index in [0.29, 0.717) is 29.7 Å². The summed E-state index contributed by atoms with van der Waals surface area (Å²) in [7, 11) is 1.24. The Hall–Kier alpha value is -4.71. The Bertz CT molecular complexity index is 1420. The Kier molecular flexibility index (Phi) is 9.03. The van der Waals surface area contributed by atoms with Crippen molar-refractivity contribution in [1.82, 2.24) is 15.5 Å². The van der Waals surface area contributed by atoms with Gasteiger partial charge in [-0.2, -0.15) is 0 Å². The number of esters is 2. The molecule has 13 heteroatoms. The highest BCUT2D eigenvalue weighted by Gasteiger charge is 2.54. The van der Waals surface area contributed by atoms with E-state index in [1.807, 2.05) is 0 Å². The minimum absolute atomic E-state index is 0.0880. The van der Waals surface area contributed by atoms with Crippen molar-refractivity contribution >= 4 is 41.0 Å². The van der Waals surface area contributed by atoms with E-state index in [2.05, 4.69) is 15.4 Å². The number of allylic oxidation sites excluding steroid dienone is 2. The van der Waals surface area contributed by atoms with Gasteiger partial charge in [-0.3, -0.25) is 24.6 Å². The average molecular weight is 583 g/mol. The molecule has 41 heavy (non-hydrogen) atoms. The predicted molar refractivity (Wildman–Crippen MR) is 146 cm³/mol. The number of nitro groups is 1. The molecule has 1 fully saturated rings. The van der Waals surface area contributed by atoms with Crippen molar-refractivity contribution in [3.8, 4) is 0 Å². The molecule has 12 nitrogen and oxygen atoms in total. The zero-order valence-electron chi connectivity index (χ0n) is 22.2. The Balaban J connectivity index is 1.44. The number of nitro benzene ring substituents is 1. The van der Waals surface area contributed by atoms with Gasteiger partial charge in [-0.1, -0.05) is 41.9 Å². The molecule has 2 aliphatic rings. The number of fused-ring (bicyclic) bond motifs is 1. The molecule has 0 unspecified atom stereocenters. The van der Waals surface area contributed by atoms with Crippen LogP contribution in [-0.2, 0) is 35.3 Å². The smallest absolute Gasteiger partial charge is 0.356 e. The number of ether oxygens (including phenoxy) is 2. The van der Waals surface area contributed by atoms with Crippen LogP contribution in [0.5, 0.6) is 0 Å². The second-order valence-electron chi connectivity index (χ2n) is 9.39. The first-order chi connectivity index (χ1) is 19.6. The minimum Gasteiger partial charge on any atom is -0.466 e. The number of carbonyl (C=O) groups excluding carboxylic acids is 4. The highest BCUT2D eigenvalue weighted by atomic mass is 35.5. The number of methoxy groups -OCH3 is 1. The van der Waals surface area contributed by atoms with Crippen LogP contribution in [0, 0.1) is 10.1 Å². The van der Waals surface area contributed by atoms with Crippen LogP contribution in [0.25, 0.3) is 0 Å². The van der Waals surface area contributed by atoms with Crippen LogP contribution in [0.1, 0.15) is 36.9 Å². The molecule has 2 aromatic rings. The third-order valence-corrected chi connectivity index (χ3v) is 7.06. The number of non-ortho nitro benzene ring substituents is 1. The molecule has 2 aromatic carbocycles. The first-order valence-corrected chi connectivity index (χ1v) is 13.0. The summed E-state index contributed by atoms with van der Waals surface area (Å²) in [4.78, 5) is 62.7. The van der Waals surface area contributed by atoms with Crippen molar-refractivity contribution in [1.29, 1.82) is 0 Å². The quantitative estimate of drug-likeness (QED) is 0.141. The average Bonchev–Trinajstić information content (AvgIpc) is 2.97. The molecule has 2 aliphatic heterocycles. The lowest BCUT2D eigenvalue weighted by Crippen LogP contribution is -2.72. The molecule has 4 rings (SSSR count). The van der Waals surface area contributed by atoms with Gasteiger partial charge in [0.25, 0.3) is 11.6 Å². The molecule has 0 aromatic heterocycles. The van der Waals surface area contributed by atoms with Crippen molar-refractivity contribution in [3.05, 3.63) is 98.3 Å². The summed E-state index contributed by atoms with van der Waals surface area (Å²) in [6.07, 6.45) is 1.92. The van der Waals surface area contributed by atoms with Crippen LogP contribution in [0.3, 0.4) is 0 Å². The van der Waals surface area contributed by atoms with Crippen molar-refractivity contribution in [2.24, 2.45) is 0 Å². The van der Waals surface area contributed by atoms with Crippen LogP contribution >= 0.6 is 11.6 Å². The normalized spacial score (nSPS) is 19.0. The SMILES string of the molecule is COC(=O)/C=C(\C)N[C@@H](C(=O)N[C@@H]1C(=O)N2C(C(=O)OCc3ccc([N+](=O)[O-])cc3)=C(Cl)CC[C@H]12)c1ccccc1. The first-order valence-electron chi connectivity index (χ1n) is 12.6. The predicted octanol–water partition coefficient (Wildman–Crippen LogP) is 2.99. The largest absolute Gasteiger partial charge is 0.466 e. The molecule has 0 spiro atoms. The zero-order chi connectivity index (χ0) is 29.7. The van der Waals surface area contributed by atoms with E-state index in [9.17, 15) is 29.3 Å². The van der Waals surface area contributed by atoms with Gasteiger partial charge in [0.1, 0.15) is 24.4 Å². The number of hydrogen-bond donors (Lipinski definition) is 2. The Morgan fingerprint density at radius 1 is 1.17 bits per heavy atom. The molecule has 2 N–H and O–H groups in total. The maximum Gasteiger partial charge on any atom is 0.356 e. The van der Waals surface area contributed by atoms with Crippen molar-refractivity contribution in [2.45, 2.75) is 44.5 Å². The van der Waals surface area contributed by atoms with E-state index in [1.165, 1.54) is 42.4 Å². The third-order valence-electron chi connectivity index (χ3n) is 6.69. The molecule has 2 amide bonds. The lowest BCUT2D eigenvalue weighted by molar-refractivity contribution is -0.384. The van der Waals surface area contributed by atoms with E-state index < -0.39 is 46.8 Å². The number of halogens is 1. The van der Waals surface area contributed by atoms with Gasteiger partial charge in [0, 0.05) is 28.9 Å². The topological polar surface area (TPSA) is 157 Å². The van der Waals surface area contributed by atoms with E-state index in [1.54, 1.807) is 37.3 Å². The van der Waals surface area contributed by atoms with Crippen LogP contribution < -0.4 is 10.6 Å². The van der Waals surface area contributed by atoms with Gasteiger partial charge in [-0.05, 0) is 43.0 Å². The first kappa shape index (κ1) is 29.3. The molecule has 1 saturated heterocycles. The maximum absolute atomic E-state index is 13.4. The summed E-state index contributed by atoms with van der Waals surface area (Å²) in [5, 5.41) is 16.8. The van der Waals surface area contributed by atoms with Gasteiger partial charge in [0.2, 0.25) is 5.91 Å². The maximum atomic E-state index is 13.4. The second kappa shape index (κ2) is 12.6. The summed E-state index contributed by atoms with van der Waals surface area (Å²) >= 11 is 6.34. The molecule has 2 heterocycles. The summed E-state index contributed by atoms with van der Waals surface area (Å²) in [6, 6.07) is 12.0. The van der Waals surface area contributed by atoms with Gasteiger partial charge < -0.3 is 20.1 Å². The van der Waals surface area contributed by atoms with Crippen LogP contribution in [0.2, 0.25) is 0 Å². The van der Waals surface area contributed by atoms with Gasteiger partial charge in [-0.15, -0.1) is 0 Å². The third kappa shape index (κ3) is 6.55. The molecule has 0 aliphatic carbocycles. The summed E-state index contributed by atoms with van der Waals surface area (Å²) < 4.78 is 9.99. The fraction of sp³-hybridized carbons (Fsp3) is 0.286. The molecular formula is C28H27ClN4O8. The van der Waals surface area contributed by atoms with E-state index in [-0.39, 0.29) is 23.0 Å². The second-order valence-corrected chi connectivity index (χ2v) is 9.85. The van der Waals surface area contributed by atoms with Gasteiger partial charge >= 0.3 is 11.9 Å². The zero-order valence-corrected chi connectivity index (χ0v) is 22.9. The van der Waals surface area contributed by atoms with E-state index in [0.717, 1.165) is 0 Å². The lowest BCUT2D eigenvalue weighted by Gasteiger charge is -2.50. The fourth-order valence-electron chi connectivity index (χ4n) is 4.63. The van der Waals surface area contributed by atoms with Crippen LogP contribution in [0.4, 0.5) is 5.69 Å².